The molecule has 3 aliphatic heterocycles. The molecule has 0 spiro atoms. The first-order valence-electron chi connectivity index (χ1n) is 20.0. The first-order chi connectivity index (χ1) is 27.4. The number of halogens is 2. The molecule has 3 saturated heterocycles. The van der Waals surface area contributed by atoms with Crippen LogP contribution in [0.2, 0.25) is 0 Å². The number of fused-ring (bicyclic) bond motifs is 1. The summed E-state index contributed by atoms with van der Waals surface area (Å²) in [6.07, 6.45) is 15.8. The van der Waals surface area contributed by atoms with Gasteiger partial charge in [0.15, 0.2) is 5.65 Å². The second-order valence-corrected chi connectivity index (χ2v) is 15.0. The molecule has 13 heteroatoms. The SMILES string of the molecule is O=CON1C(=O)CCC(Nc2ccc(C3CCN(CCCCCCCCC#Cc4cnn5ccc(N6CCC[C@@H]6c6cc(F)ccc6F)nc45)CC3)cc2)C1=O. The Bertz CT molecular complexity index is 2050. The van der Waals surface area contributed by atoms with Crippen molar-refractivity contribution in [3.63, 3.8) is 0 Å². The van der Waals surface area contributed by atoms with E-state index < -0.39 is 29.5 Å². The summed E-state index contributed by atoms with van der Waals surface area (Å²) in [5.41, 5.74) is 3.90. The van der Waals surface area contributed by atoms with Crippen molar-refractivity contribution < 1.29 is 28.0 Å². The van der Waals surface area contributed by atoms with Crippen molar-refractivity contribution in [2.45, 2.75) is 101 Å². The predicted molar refractivity (Wildman–Crippen MR) is 208 cm³/mol. The Balaban J connectivity index is 0.772. The van der Waals surface area contributed by atoms with Gasteiger partial charge in [-0.2, -0.15) is 5.10 Å². The first kappa shape index (κ1) is 38.9. The summed E-state index contributed by atoms with van der Waals surface area (Å²) in [5, 5.41) is 8.14. The lowest BCUT2D eigenvalue weighted by Crippen LogP contribution is -2.50. The number of amides is 2. The topological polar surface area (TPSA) is 112 Å². The highest BCUT2D eigenvalue weighted by Crippen LogP contribution is 2.37. The van der Waals surface area contributed by atoms with Gasteiger partial charge >= 0.3 is 6.47 Å². The minimum absolute atomic E-state index is 0.0936. The smallest absolute Gasteiger partial charge is 0.321 e. The van der Waals surface area contributed by atoms with Gasteiger partial charge in [0, 0.05) is 36.8 Å². The van der Waals surface area contributed by atoms with Gasteiger partial charge in [-0.15, -0.1) is 5.06 Å². The van der Waals surface area contributed by atoms with Crippen LogP contribution in [0.15, 0.2) is 60.9 Å². The number of hydrogen-bond acceptors (Lipinski definition) is 9. The highest BCUT2D eigenvalue weighted by Gasteiger charge is 2.36. The quantitative estimate of drug-likeness (QED) is 0.0576. The van der Waals surface area contributed by atoms with Crippen LogP contribution < -0.4 is 10.2 Å². The Kier molecular flexibility index (Phi) is 12.9. The van der Waals surface area contributed by atoms with Crippen molar-refractivity contribution in [2.24, 2.45) is 0 Å². The van der Waals surface area contributed by atoms with Crippen LogP contribution in [0.25, 0.3) is 5.65 Å². The molecule has 0 radical (unpaired) electrons. The summed E-state index contributed by atoms with van der Waals surface area (Å²) >= 11 is 0. The van der Waals surface area contributed by atoms with Crippen molar-refractivity contribution >= 4 is 35.4 Å². The molecule has 0 saturated carbocycles. The number of unbranched alkanes of at least 4 members (excludes halogenated alkanes) is 6. The number of piperidine rings is 2. The Morgan fingerprint density at radius 1 is 0.911 bits per heavy atom. The van der Waals surface area contributed by atoms with Gasteiger partial charge < -0.3 is 20.0 Å². The number of nitrogens with zero attached hydrogens (tertiary/aromatic N) is 6. The number of rotatable bonds is 15. The fourth-order valence-corrected chi connectivity index (χ4v) is 8.24. The zero-order valence-electron chi connectivity index (χ0n) is 31.7. The van der Waals surface area contributed by atoms with E-state index in [-0.39, 0.29) is 18.9 Å². The molecular weight excluding hydrogens is 717 g/mol. The standard InChI is InChI=1S/C43H49F2N7O4/c44-34-14-17-37(45)36(28-34)39-11-9-24-50(39)40-22-27-51-42(48-40)33(29-46-51)10-7-5-3-1-2-4-6-8-23-49-25-20-32(21-26-49)31-12-15-35(16-13-31)47-38-18-19-41(54)52(43(38)55)56-30-53/h12-17,22,27-30,32,38-39,47H,1-6,8-9,11,18-21,23-26H2/t38?,39-/m1/s1. The van der Waals surface area contributed by atoms with Gasteiger partial charge in [-0.1, -0.05) is 49.7 Å². The molecule has 2 aromatic heterocycles. The zero-order valence-corrected chi connectivity index (χ0v) is 31.7. The van der Waals surface area contributed by atoms with Crippen LogP contribution in [0, 0.1) is 23.5 Å². The lowest BCUT2D eigenvalue weighted by atomic mass is 9.89. The molecule has 3 aliphatic rings. The Morgan fingerprint density at radius 3 is 2.50 bits per heavy atom. The van der Waals surface area contributed by atoms with E-state index in [4.69, 9.17) is 4.98 Å². The third-order valence-corrected chi connectivity index (χ3v) is 11.3. The molecule has 2 atom stereocenters. The summed E-state index contributed by atoms with van der Waals surface area (Å²) in [5.74, 6) is 5.90. The molecule has 3 fully saturated rings. The third-order valence-electron chi connectivity index (χ3n) is 11.3. The molecule has 5 heterocycles. The maximum absolute atomic E-state index is 14.6. The highest BCUT2D eigenvalue weighted by molar-refractivity contribution is 6.00. The molecule has 2 aromatic carbocycles. The molecule has 11 nitrogen and oxygen atoms in total. The van der Waals surface area contributed by atoms with Crippen molar-refractivity contribution in [1.29, 1.82) is 0 Å². The van der Waals surface area contributed by atoms with Crippen molar-refractivity contribution in [1.82, 2.24) is 24.6 Å². The second-order valence-electron chi connectivity index (χ2n) is 15.0. The molecule has 1 N–H and O–H groups in total. The van der Waals surface area contributed by atoms with Gasteiger partial charge in [0.2, 0.25) is 0 Å². The van der Waals surface area contributed by atoms with Crippen LogP contribution in [0.1, 0.15) is 112 Å². The van der Waals surface area contributed by atoms with Gasteiger partial charge in [-0.3, -0.25) is 14.4 Å². The monoisotopic (exact) mass is 765 g/mol. The fraction of sp³-hybridized carbons (Fsp3) is 0.465. The van der Waals surface area contributed by atoms with Crippen molar-refractivity contribution in [3.8, 4) is 11.8 Å². The molecule has 0 aliphatic carbocycles. The second kappa shape index (κ2) is 18.5. The number of nitrogens with one attached hydrogen (secondary N) is 1. The first-order valence-corrected chi connectivity index (χ1v) is 20.0. The van der Waals surface area contributed by atoms with Crippen LogP contribution in [0.3, 0.4) is 0 Å². The zero-order chi connectivity index (χ0) is 38.9. The van der Waals surface area contributed by atoms with Crippen LogP contribution >= 0.6 is 0 Å². The predicted octanol–water partition coefficient (Wildman–Crippen LogP) is 7.33. The Labute approximate surface area is 326 Å². The van der Waals surface area contributed by atoms with Crippen LogP contribution in [-0.2, 0) is 19.2 Å². The van der Waals surface area contributed by atoms with Gasteiger partial charge in [0.25, 0.3) is 11.8 Å². The Hall–Kier alpha value is -5.35. The van der Waals surface area contributed by atoms with E-state index in [0.717, 1.165) is 88.4 Å². The number of benzene rings is 2. The Morgan fingerprint density at radius 2 is 1.70 bits per heavy atom. The van der Waals surface area contributed by atoms with Gasteiger partial charge in [0.05, 0.1) is 17.8 Å². The summed E-state index contributed by atoms with van der Waals surface area (Å²) in [6, 6.07) is 12.8. The average Bonchev–Trinajstić information content (AvgIpc) is 3.87. The molecule has 0 bridgehead atoms. The summed E-state index contributed by atoms with van der Waals surface area (Å²) in [6.45, 7) is 4.14. The third kappa shape index (κ3) is 9.36. The number of imide groups is 1. The molecule has 56 heavy (non-hydrogen) atoms. The number of carbonyl (C=O) groups excluding carboxylic acids is 3. The molecule has 1 unspecified atom stereocenters. The fourth-order valence-electron chi connectivity index (χ4n) is 8.24. The van der Waals surface area contributed by atoms with Crippen molar-refractivity contribution in [2.75, 3.05) is 36.4 Å². The number of anilines is 2. The van der Waals surface area contributed by atoms with Crippen molar-refractivity contribution in [3.05, 3.63) is 89.2 Å². The number of hydrogen-bond donors (Lipinski definition) is 1. The van der Waals surface area contributed by atoms with E-state index in [0.29, 0.717) is 34.4 Å². The summed E-state index contributed by atoms with van der Waals surface area (Å²) < 4.78 is 30.3. The maximum Gasteiger partial charge on any atom is 0.321 e. The van der Waals surface area contributed by atoms with E-state index in [9.17, 15) is 23.2 Å². The lowest BCUT2D eigenvalue weighted by molar-refractivity contribution is -0.197. The minimum Gasteiger partial charge on any atom is -0.374 e. The molecule has 294 valence electrons. The van der Waals surface area contributed by atoms with Gasteiger partial charge in [-0.25, -0.2) is 18.3 Å². The number of aromatic nitrogens is 3. The van der Waals surface area contributed by atoms with E-state index in [1.807, 2.05) is 29.3 Å². The maximum atomic E-state index is 14.6. The van der Waals surface area contributed by atoms with E-state index >= 15 is 0 Å². The van der Waals surface area contributed by atoms with Gasteiger partial charge in [0.1, 0.15) is 23.5 Å². The lowest BCUT2D eigenvalue weighted by Gasteiger charge is -2.32. The molecular formula is C43H49F2N7O4. The van der Waals surface area contributed by atoms with Gasteiger partial charge in [-0.05, 0) is 112 Å². The highest BCUT2D eigenvalue weighted by atomic mass is 19.1. The number of hydroxylamine groups is 2. The van der Waals surface area contributed by atoms with Crippen LogP contribution in [-0.4, -0.2) is 75.1 Å². The largest absolute Gasteiger partial charge is 0.374 e. The number of likely N-dealkylation sites (tertiary alicyclic amines) is 1. The summed E-state index contributed by atoms with van der Waals surface area (Å²) in [7, 11) is 0. The van der Waals surface area contributed by atoms with E-state index in [2.05, 4.69) is 44.1 Å². The van der Waals surface area contributed by atoms with Crippen LogP contribution in [0.5, 0.6) is 0 Å². The molecule has 2 amide bonds. The summed E-state index contributed by atoms with van der Waals surface area (Å²) in [4.78, 5) is 49.1. The molecule has 7 rings (SSSR count). The average molecular weight is 766 g/mol. The van der Waals surface area contributed by atoms with E-state index in [1.165, 1.54) is 43.4 Å². The normalized spacial score (nSPS) is 19.3. The van der Waals surface area contributed by atoms with Crippen LogP contribution in [0.4, 0.5) is 20.3 Å². The molecule has 4 aromatic rings. The van der Waals surface area contributed by atoms with E-state index in [1.54, 1.807) is 10.7 Å². The number of carbonyl (C=O) groups is 3. The minimum atomic E-state index is -0.618.